The van der Waals surface area contributed by atoms with Gasteiger partial charge in [-0.1, -0.05) is 6.07 Å². The van der Waals surface area contributed by atoms with Crippen LogP contribution in [0.4, 0.5) is 5.69 Å². The molecule has 1 aromatic heterocycles. The van der Waals surface area contributed by atoms with Crippen LogP contribution in [0.25, 0.3) is 0 Å². The van der Waals surface area contributed by atoms with Gasteiger partial charge in [-0.3, -0.25) is 9.59 Å². The van der Waals surface area contributed by atoms with Crippen molar-refractivity contribution in [2.24, 2.45) is 0 Å². The highest BCUT2D eigenvalue weighted by atomic mass is 16.5. The molecule has 1 N–H and O–H groups in total. The predicted molar refractivity (Wildman–Crippen MR) is 92.4 cm³/mol. The minimum atomic E-state index is -0.340. The number of rotatable bonds is 6. The molecule has 0 bridgehead atoms. The number of benzene rings is 1. The van der Waals surface area contributed by atoms with Crippen molar-refractivity contribution >= 4 is 17.5 Å². The van der Waals surface area contributed by atoms with Gasteiger partial charge in [0.05, 0.1) is 7.11 Å². The summed E-state index contributed by atoms with van der Waals surface area (Å²) in [5, 5.41) is 2.77. The van der Waals surface area contributed by atoms with E-state index in [4.69, 9.17) is 4.74 Å². The lowest BCUT2D eigenvalue weighted by molar-refractivity contribution is 0.0772. The highest BCUT2D eigenvalue weighted by Gasteiger charge is 2.15. The number of aromatic nitrogens is 1. The van der Waals surface area contributed by atoms with Crippen LogP contribution in [-0.2, 0) is 0 Å². The van der Waals surface area contributed by atoms with E-state index in [0.717, 1.165) is 0 Å². The van der Waals surface area contributed by atoms with Crippen molar-refractivity contribution in [3.8, 4) is 5.88 Å². The Labute approximate surface area is 141 Å². The van der Waals surface area contributed by atoms with Crippen LogP contribution in [0.3, 0.4) is 0 Å². The van der Waals surface area contributed by atoms with Gasteiger partial charge in [-0.25, -0.2) is 4.98 Å². The fraction of sp³-hybridized carbons (Fsp3) is 0.278. The second kappa shape index (κ2) is 8.10. The van der Waals surface area contributed by atoms with Gasteiger partial charge in [0, 0.05) is 30.5 Å². The van der Waals surface area contributed by atoms with Crippen LogP contribution < -0.4 is 10.1 Å². The van der Waals surface area contributed by atoms with Crippen molar-refractivity contribution in [1.29, 1.82) is 0 Å². The normalized spacial score (nSPS) is 10.1. The lowest BCUT2D eigenvalue weighted by atomic mass is 10.1. The monoisotopic (exact) mass is 327 g/mol. The van der Waals surface area contributed by atoms with Crippen LogP contribution >= 0.6 is 0 Å². The Bertz CT molecular complexity index is 727. The third kappa shape index (κ3) is 3.90. The van der Waals surface area contributed by atoms with Gasteiger partial charge in [0.15, 0.2) is 0 Å². The molecule has 2 rings (SSSR count). The third-order valence-electron chi connectivity index (χ3n) is 3.63. The van der Waals surface area contributed by atoms with Gasteiger partial charge >= 0.3 is 0 Å². The van der Waals surface area contributed by atoms with E-state index in [1.54, 1.807) is 47.5 Å². The van der Waals surface area contributed by atoms with Crippen LogP contribution in [0.1, 0.15) is 34.6 Å². The average Bonchev–Trinajstić information content (AvgIpc) is 2.62. The predicted octanol–water partition coefficient (Wildman–Crippen LogP) is 2.82. The molecule has 0 saturated carbocycles. The van der Waals surface area contributed by atoms with E-state index in [2.05, 4.69) is 10.3 Å². The van der Waals surface area contributed by atoms with Crippen LogP contribution in [-0.4, -0.2) is 41.9 Å². The summed E-state index contributed by atoms with van der Waals surface area (Å²) in [6.45, 7) is 5.14. The molecule has 6 nitrogen and oxygen atoms in total. The summed E-state index contributed by atoms with van der Waals surface area (Å²) in [5.41, 5.74) is 1.42. The molecule has 0 radical (unpaired) electrons. The zero-order valence-corrected chi connectivity index (χ0v) is 14.1. The highest BCUT2D eigenvalue weighted by Crippen LogP contribution is 2.18. The molecule has 1 aromatic carbocycles. The molecule has 2 amide bonds. The van der Waals surface area contributed by atoms with Gasteiger partial charge in [0.25, 0.3) is 11.8 Å². The summed E-state index contributed by atoms with van der Waals surface area (Å²) in [6.07, 6.45) is 1.55. The second-order valence-corrected chi connectivity index (χ2v) is 5.07. The minimum Gasteiger partial charge on any atom is -0.480 e. The summed E-state index contributed by atoms with van der Waals surface area (Å²) < 4.78 is 5.09. The summed E-state index contributed by atoms with van der Waals surface area (Å²) in [4.78, 5) is 30.5. The minimum absolute atomic E-state index is 0.0601. The number of hydrogen-bond donors (Lipinski definition) is 1. The SMILES string of the molecule is CCN(CC)C(=O)c1cccc(NC(=O)c2cccnc2OC)c1. The molecule has 0 unspecified atom stereocenters. The molecule has 0 atom stereocenters. The molecule has 1 heterocycles. The van der Waals surface area contributed by atoms with Gasteiger partial charge in [-0.15, -0.1) is 0 Å². The maximum absolute atomic E-state index is 12.4. The molecule has 0 aliphatic heterocycles. The van der Waals surface area contributed by atoms with Crippen LogP contribution in [0.5, 0.6) is 5.88 Å². The summed E-state index contributed by atoms with van der Waals surface area (Å²) in [7, 11) is 1.46. The second-order valence-electron chi connectivity index (χ2n) is 5.07. The van der Waals surface area contributed by atoms with E-state index in [9.17, 15) is 9.59 Å². The number of ether oxygens (including phenoxy) is 1. The van der Waals surface area contributed by atoms with E-state index < -0.39 is 0 Å². The van der Waals surface area contributed by atoms with Gasteiger partial charge in [0.1, 0.15) is 5.56 Å². The van der Waals surface area contributed by atoms with Gasteiger partial charge < -0.3 is 15.0 Å². The molecule has 0 spiro atoms. The summed E-state index contributed by atoms with van der Waals surface area (Å²) in [5.74, 6) is -0.146. The third-order valence-corrected chi connectivity index (χ3v) is 3.63. The quantitative estimate of drug-likeness (QED) is 0.885. The average molecular weight is 327 g/mol. The Morgan fingerprint density at radius 3 is 2.58 bits per heavy atom. The first-order chi connectivity index (χ1) is 11.6. The fourth-order valence-corrected chi connectivity index (χ4v) is 2.35. The van der Waals surface area contributed by atoms with Crippen LogP contribution in [0.15, 0.2) is 42.6 Å². The van der Waals surface area contributed by atoms with E-state index >= 15 is 0 Å². The van der Waals surface area contributed by atoms with E-state index in [1.165, 1.54) is 7.11 Å². The largest absolute Gasteiger partial charge is 0.480 e. The number of nitrogens with zero attached hydrogens (tertiary/aromatic N) is 2. The van der Waals surface area contributed by atoms with Gasteiger partial charge in [-0.05, 0) is 44.2 Å². The zero-order chi connectivity index (χ0) is 17.5. The van der Waals surface area contributed by atoms with Crippen molar-refractivity contribution < 1.29 is 14.3 Å². The molecule has 0 aliphatic rings. The van der Waals surface area contributed by atoms with E-state index in [-0.39, 0.29) is 17.7 Å². The van der Waals surface area contributed by atoms with Gasteiger partial charge in [0.2, 0.25) is 5.88 Å². The number of methoxy groups -OCH3 is 1. The number of anilines is 1. The molecule has 24 heavy (non-hydrogen) atoms. The number of hydrogen-bond acceptors (Lipinski definition) is 4. The first-order valence-electron chi connectivity index (χ1n) is 7.80. The maximum Gasteiger partial charge on any atom is 0.261 e. The molecule has 2 aromatic rings. The molecule has 126 valence electrons. The smallest absolute Gasteiger partial charge is 0.261 e. The zero-order valence-electron chi connectivity index (χ0n) is 14.1. The van der Waals surface area contributed by atoms with Crippen molar-refractivity contribution in [2.75, 3.05) is 25.5 Å². The van der Waals surface area contributed by atoms with E-state index in [0.29, 0.717) is 29.9 Å². The standard InChI is InChI=1S/C18H21N3O3/c1-4-21(5-2)18(23)13-8-6-9-14(12-13)20-16(22)15-10-7-11-19-17(15)24-3/h6-12H,4-5H2,1-3H3,(H,20,22). The molecule has 0 saturated heterocycles. The number of amides is 2. The number of nitrogens with one attached hydrogen (secondary N) is 1. The topological polar surface area (TPSA) is 71.5 Å². The Balaban J connectivity index is 2.20. The number of pyridine rings is 1. The number of carbonyl (C=O) groups excluding carboxylic acids is 2. The molecule has 6 heteroatoms. The molecule has 0 aliphatic carbocycles. The highest BCUT2D eigenvalue weighted by molar-refractivity contribution is 6.06. The Hall–Kier alpha value is -2.89. The summed E-state index contributed by atoms with van der Waals surface area (Å²) >= 11 is 0. The van der Waals surface area contributed by atoms with E-state index in [1.807, 2.05) is 13.8 Å². The first kappa shape index (κ1) is 17.5. The van der Waals surface area contributed by atoms with Gasteiger partial charge in [-0.2, -0.15) is 0 Å². The first-order valence-corrected chi connectivity index (χ1v) is 7.80. The maximum atomic E-state index is 12.4. The Morgan fingerprint density at radius 1 is 1.17 bits per heavy atom. The molecular weight excluding hydrogens is 306 g/mol. The fourth-order valence-electron chi connectivity index (χ4n) is 2.35. The van der Waals surface area contributed by atoms with Crippen LogP contribution in [0.2, 0.25) is 0 Å². The lowest BCUT2D eigenvalue weighted by Gasteiger charge is -2.19. The number of carbonyl (C=O) groups is 2. The van der Waals surface area contributed by atoms with Crippen molar-refractivity contribution in [2.45, 2.75) is 13.8 Å². The lowest BCUT2D eigenvalue weighted by Crippen LogP contribution is -2.30. The molecular formula is C18H21N3O3. The molecule has 0 fully saturated rings. The van der Waals surface area contributed by atoms with Crippen molar-refractivity contribution in [3.05, 3.63) is 53.7 Å². The Kier molecular flexibility index (Phi) is 5.89. The van der Waals surface area contributed by atoms with Crippen molar-refractivity contribution in [1.82, 2.24) is 9.88 Å². The van der Waals surface area contributed by atoms with Crippen molar-refractivity contribution in [3.63, 3.8) is 0 Å². The Morgan fingerprint density at radius 2 is 1.92 bits per heavy atom. The summed E-state index contributed by atoms with van der Waals surface area (Å²) in [6, 6.07) is 10.2. The van der Waals surface area contributed by atoms with Crippen LogP contribution in [0, 0.1) is 0 Å².